The summed E-state index contributed by atoms with van der Waals surface area (Å²) in [5.74, 6) is -0.498. The van der Waals surface area contributed by atoms with E-state index in [-0.39, 0.29) is 18.5 Å². The molecule has 2 bridgehead atoms. The molecule has 5 atom stereocenters. The fourth-order valence-corrected chi connectivity index (χ4v) is 5.94. The van der Waals surface area contributed by atoms with Crippen molar-refractivity contribution in [1.82, 2.24) is 0 Å². The number of carbonyl (C=O) groups excluding carboxylic acids is 1. The van der Waals surface area contributed by atoms with Crippen molar-refractivity contribution in [2.24, 2.45) is 5.92 Å². The van der Waals surface area contributed by atoms with Crippen LogP contribution in [0.1, 0.15) is 33.6 Å². The van der Waals surface area contributed by atoms with Crippen molar-refractivity contribution in [3.63, 3.8) is 0 Å². The van der Waals surface area contributed by atoms with Crippen molar-refractivity contribution in [3.8, 4) is 0 Å². The average molecular weight is 290 g/mol. The smallest absolute Gasteiger partial charge is 0.302 e. The molecule has 3 aliphatic heterocycles. The van der Waals surface area contributed by atoms with Gasteiger partial charge in [-0.25, -0.2) is 0 Å². The molecule has 0 N–H and O–H groups in total. The first-order valence-corrected chi connectivity index (χ1v) is 8.00. The first kappa shape index (κ1) is 13.3. The maximum atomic E-state index is 12.1. The summed E-state index contributed by atoms with van der Waals surface area (Å²) in [5.41, 5.74) is -1.49. The third-order valence-corrected chi connectivity index (χ3v) is 6.63. The van der Waals surface area contributed by atoms with Crippen LogP contribution in [0, 0.1) is 5.92 Å². The van der Waals surface area contributed by atoms with Gasteiger partial charge in [0.2, 0.25) is 0 Å². The molecule has 5 unspecified atom stereocenters. The number of hydrogen-bond acceptors (Lipinski definition) is 6. The molecule has 6 nitrogen and oxygen atoms in total. The Balaban J connectivity index is 1.99. The summed E-state index contributed by atoms with van der Waals surface area (Å²) in [7, 11) is -3.58. The van der Waals surface area contributed by atoms with Gasteiger partial charge < -0.3 is 9.47 Å². The van der Waals surface area contributed by atoms with Gasteiger partial charge in [0.15, 0.2) is 0 Å². The second kappa shape index (κ2) is 3.71. The van der Waals surface area contributed by atoms with Crippen LogP contribution < -0.4 is 0 Å². The molecule has 0 saturated carbocycles. The molecule has 7 heteroatoms. The molecule has 0 spiro atoms. The van der Waals surface area contributed by atoms with E-state index in [2.05, 4.69) is 0 Å². The van der Waals surface area contributed by atoms with Gasteiger partial charge in [-0.3, -0.25) is 8.98 Å². The largest absolute Gasteiger partial charge is 0.463 e. The molecule has 0 radical (unpaired) electrons. The standard InChI is InChI=1S/C12H18O6S/c1-4-12-9-5-11(18-12,6-16-8(3)13)7(2)10(12)17-19(9,14)15/h7,9-10H,4-6H2,1-3H3. The van der Waals surface area contributed by atoms with Gasteiger partial charge in [0.25, 0.3) is 10.1 Å². The number of rotatable bonds is 3. The molecule has 3 aliphatic rings. The average Bonchev–Trinajstić information content (AvgIpc) is 2.84. The Bertz CT molecular complexity index is 528. The van der Waals surface area contributed by atoms with Crippen molar-refractivity contribution in [1.29, 1.82) is 0 Å². The number of hydrogen-bond donors (Lipinski definition) is 0. The van der Waals surface area contributed by atoms with Crippen LogP contribution in [0.25, 0.3) is 0 Å². The Labute approximate surface area is 112 Å². The highest BCUT2D eigenvalue weighted by molar-refractivity contribution is 7.87. The van der Waals surface area contributed by atoms with Gasteiger partial charge in [0.05, 0.1) is 0 Å². The SMILES string of the molecule is CCC12OC3(COC(C)=O)CC1S(=O)(=O)OC2C3C. The van der Waals surface area contributed by atoms with E-state index in [0.717, 1.165) is 0 Å². The van der Waals surface area contributed by atoms with Crippen LogP contribution in [-0.4, -0.2) is 43.5 Å². The Hall–Kier alpha value is -0.660. The minimum atomic E-state index is -3.58. The predicted octanol–water partition coefficient (Wildman–Crippen LogP) is 0.604. The lowest BCUT2D eigenvalue weighted by Gasteiger charge is -2.31. The topological polar surface area (TPSA) is 78.9 Å². The van der Waals surface area contributed by atoms with E-state index >= 15 is 0 Å². The minimum Gasteiger partial charge on any atom is -0.463 e. The van der Waals surface area contributed by atoms with Gasteiger partial charge in [-0.1, -0.05) is 13.8 Å². The van der Waals surface area contributed by atoms with E-state index in [4.69, 9.17) is 13.7 Å². The van der Waals surface area contributed by atoms with E-state index in [1.54, 1.807) is 0 Å². The number of carbonyl (C=O) groups is 1. The first-order chi connectivity index (χ1) is 8.77. The molecule has 0 aromatic heterocycles. The van der Waals surface area contributed by atoms with Crippen molar-refractivity contribution in [3.05, 3.63) is 0 Å². The van der Waals surface area contributed by atoms with E-state index in [9.17, 15) is 13.2 Å². The monoisotopic (exact) mass is 290 g/mol. The van der Waals surface area contributed by atoms with Crippen LogP contribution in [0.5, 0.6) is 0 Å². The highest BCUT2D eigenvalue weighted by Crippen LogP contribution is 2.63. The van der Waals surface area contributed by atoms with Crippen LogP contribution in [0.15, 0.2) is 0 Å². The van der Waals surface area contributed by atoms with Gasteiger partial charge in [-0.15, -0.1) is 0 Å². The lowest BCUT2D eigenvalue weighted by Crippen LogP contribution is -2.48. The fraction of sp³-hybridized carbons (Fsp3) is 0.917. The lowest BCUT2D eigenvalue weighted by molar-refractivity contribution is -0.153. The van der Waals surface area contributed by atoms with Crippen molar-refractivity contribution < 1.29 is 26.9 Å². The highest BCUT2D eigenvalue weighted by Gasteiger charge is 2.78. The van der Waals surface area contributed by atoms with E-state index in [1.165, 1.54) is 6.92 Å². The van der Waals surface area contributed by atoms with Gasteiger partial charge in [0, 0.05) is 19.3 Å². The Morgan fingerprint density at radius 1 is 1.47 bits per heavy atom. The van der Waals surface area contributed by atoms with Gasteiger partial charge >= 0.3 is 5.97 Å². The molecule has 0 aliphatic carbocycles. The normalized spacial score (nSPS) is 49.5. The molecular weight excluding hydrogens is 272 g/mol. The molecular formula is C12H18O6S. The van der Waals surface area contributed by atoms with Crippen molar-refractivity contribution >= 4 is 16.1 Å². The molecule has 0 aromatic rings. The van der Waals surface area contributed by atoms with Gasteiger partial charge in [0.1, 0.15) is 29.2 Å². The Morgan fingerprint density at radius 3 is 2.68 bits per heavy atom. The van der Waals surface area contributed by atoms with Crippen LogP contribution in [0.2, 0.25) is 0 Å². The maximum absolute atomic E-state index is 12.1. The van der Waals surface area contributed by atoms with Crippen LogP contribution in [0.3, 0.4) is 0 Å². The third kappa shape index (κ3) is 1.49. The summed E-state index contributed by atoms with van der Waals surface area (Å²) in [4.78, 5) is 11.0. The second-order valence-electron chi connectivity index (χ2n) is 5.75. The molecule has 19 heavy (non-hydrogen) atoms. The Kier molecular flexibility index (Phi) is 2.60. The maximum Gasteiger partial charge on any atom is 0.302 e. The van der Waals surface area contributed by atoms with Gasteiger partial charge in [-0.05, 0) is 6.42 Å². The van der Waals surface area contributed by atoms with Crippen LogP contribution in [-0.2, 0) is 28.6 Å². The zero-order valence-electron chi connectivity index (χ0n) is 11.2. The zero-order valence-corrected chi connectivity index (χ0v) is 12.0. The molecule has 0 aromatic carbocycles. The summed E-state index contributed by atoms with van der Waals surface area (Å²) in [6.07, 6.45) is 0.457. The number of esters is 1. The third-order valence-electron chi connectivity index (χ3n) is 4.89. The van der Waals surface area contributed by atoms with Crippen molar-refractivity contribution in [2.75, 3.05) is 6.61 Å². The van der Waals surface area contributed by atoms with Gasteiger partial charge in [-0.2, -0.15) is 8.42 Å². The summed E-state index contributed by atoms with van der Waals surface area (Å²) in [5, 5.41) is -0.637. The first-order valence-electron chi connectivity index (χ1n) is 6.53. The second-order valence-corrected chi connectivity index (χ2v) is 7.49. The predicted molar refractivity (Wildman–Crippen MR) is 64.8 cm³/mol. The molecule has 3 fully saturated rings. The molecule has 108 valence electrons. The van der Waals surface area contributed by atoms with E-state index < -0.39 is 32.7 Å². The summed E-state index contributed by atoms with van der Waals surface area (Å²) in [6, 6.07) is 0. The van der Waals surface area contributed by atoms with Crippen molar-refractivity contribution in [2.45, 2.75) is 56.2 Å². The highest BCUT2D eigenvalue weighted by atomic mass is 32.2. The molecule has 3 saturated heterocycles. The minimum absolute atomic E-state index is 0.0944. The fourth-order valence-electron chi connectivity index (χ4n) is 3.86. The van der Waals surface area contributed by atoms with E-state index in [0.29, 0.717) is 12.8 Å². The van der Waals surface area contributed by atoms with E-state index in [1.807, 2.05) is 13.8 Å². The van der Waals surface area contributed by atoms with Crippen LogP contribution >= 0.6 is 0 Å². The number of ether oxygens (including phenoxy) is 2. The Morgan fingerprint density at radius 2 is 2.16 bits per heavy atom. The molecule has 3 heterocycles. The summed E-state index contributed by atoms with van der Waals surface area (Å²) in [6.45, 7) is 5.24. The zero-order chi connectivity index (χ0) is 14.1. The summed E-state index contributed by atoms with van der Waals surface area (Å²) >= 11 is 0. The number of fused-ring (bicyclic) bond motifs is 1. The molecule has 3 rings (SSSR count). The summed E-state index contributed by atoms with van der Waals surface area (Å²) < 4.78 is 40.6. The molecule has 0 amide bonds. The van der Waals surface area contributed by atoms with Crippen LogP contribution in [0.4, 0.5) is 0 Å². The quantitative estimate of drug-likeness (QED) is 0.559. The lowest BCUT2D eigenvalue weighted by atomic mass is 9.72.